The molecule has 1 aromatic heterocycles. The molecule has 100 valence electrons. The molecule has 1 aromatic rings. The van der Waals surface area contributed by atoms with Crippen molar-refractivity contribution < 1.29 is 4.79 Å². The lowest BCUT2D eigenvalue weighted by atomic mass is 9.89. The number of thiophene rings is 1. The van der Waals surface area contributed by atoms with Crippen molar-refractivity contribution in [3.8, 4) is 0 Å². The average Bonchev–Trinajstić information content (AvgIpc) is 2.62. The number of carbonyl (C=O) groups is 1. The van der Waals surface area contributed by atoms with Crippen LogP contribution in [0.15, 0.2) is 15.9 Å². The molecule has 0 spiro atoms. The van der Waals surface area contributed by atoms with Crippen LogP contribution in [0, 0.1) is 11.8 Å². The Kier molecular flexibility index (Phi) is 4.84. The van der Waals surface area contributed by atoms with E-state index in [1.807, 2.05) is 4.90 Å². The van der Waals surface area contributed by atoms with Gasteiger partial charge >= 0.3 is 0 Å². The summed E-state index contributed by atoms with van der Waals surface area (Å²) < 4.78 is 1.13. The minimum Gasteiger partial charge on any atom is -0.338 e. The number of nitrogens with zero attached hydrogens (tertiary/aromatic N) is 1. The van der Waals surface area contributed by atoms with Crippen molar-refractivity contribution in [1.82, 2.24) is 4.90 Å². The molecule has 0 radical (unpaired) electrons. The first-order chi connectivity index (χ1) is 8.58. The normalized spacial score (nSPS) is 21.4. The van der Waals surface area contributed by atoms with Crippen molar-refractivity contribution in [2.24, 2.45) is 11.8 Å². The van der Waals surface area contributed by atoms with Crippen molar-refractivity contribution >= 4 is 33.2 Å². The summed E-state index contributed by atoms with van der Waals surface area (Å²) in [4.78, 5) is 15.4. The number of amides is 1. The Morgan fingerprint density at radius 3 is 2.89 bits per heavy atom. The van der Waals surface area contributed by atoms with Gasteiger partial charge in [0.2, 0.25) is 5.91 Å². The first kappa shape index (κ1) is 14.1. The Bertz CT molecular complexity index is 416. The molecule has 1 unspecified atom stereocenters. The van der Waals surface area contributed by atoms with Gasteiger partial charge in [-0.25, -0.2) is 0 Å². The van der Waals surface area contributed by atoms with Crippen LogP contribution in [0.1, 0.15) is 38.0 Å². The maximum atomic E-state index is 12.1. The lowest BCUT2D eigenvalue weighted by Gasteiger charge is -2.21. The molecule has 4 heteroatoms. The Morgan fingerprint density at radius 1 is 1.50 bits per heavy atom. The highest BCUT2D eigenvalue weighted by Crippen LogP contribution is 2.28. The third-order valence-electron chi connectivity index (χ3n) is 3.82. The largest absolute Gasteiger partial charge is 0.338 e. The SMILES string of the molecule is CC(C)C1CCC(=O)N(Cc2sccc2Br)CC1. The third-order valence-corrected chi connectivity index (χ3v) is 5.73. The molecular weight excluding hydrogens is 310 g/mol. The van der Waals surface area contributed by atoms with Gasteiger partial charge in [0.25, 0.3) is 0 Å². The molecule has 1 atom stereocenters. The lowest BCUT2D eigenvalue weighted by molar-refractivity contribution is -0.131. The van der Waals surface area contributed by atoms with Crippen LogP contribution in [0.4, 0.5) is 0 Å². The molecule has 1 amide bonds. The highest BCUT2D eigenvalue weighted by molar-refractivity contribution is 9.10. The number of halogens is 1. The summed E-state index contributed by atoms with van der Waals surface area (Å²) in [5.41, 5.74) is 0. The molecule has 0 aromatic carbocycles. The summed E-state index contributed by atoms with van der Waals surface area (Å²) in [7, 11) is 0. The van der Waals surface area contributed by atoms with E-state index in [-0.39, 0.29) is 0 Å². The standard InChI is InChI=1S/C14H20BrNOS/c1-10(2)11-3-4-14(17)16(7-5-11)9-13-12(15)6-8-18-13/h6,8,10-11H,3-5,7,9H2,1-2H3. The van der Waals surface area contributed by atoms with E-state index in [1.54, 1.807) is 11.3 Å². The van der Waals surface area contributed by atoms with Crippen molar-refractivity contribution in [2.45, 2.75) is 39.7 Å². The van der Waals surface area contributed by atoms with Gasteiger partial charge in [-0.05, 0) is 52.1 Å². The number of hydrogen-bond acceptors (Lipinski definition) is 2. The zero-order valence-electron chi connectivity index (χ0n) is 11.0. The summed E-state index contributed by atoms with van der Waals surface area (Å²) in [6.45, 7) is 6.20. The fraction of sp³-hybridized carbons (Fsp3) is 0.643. The molecule has 2 heterocycles. The van der Waals surface area contributed by atoms with Gasteiger partial charge in [0.05, 0.1) is 6.54 Å². The van der Waals surface area contributed by atoms with Gasteiger partial charge in [-0.3, -0.25) is 4.79 Å². The van der Waals surface area contributed by atoms with Crippen LogP contribution in [0.2, 0.25) is 0 Å². The minimum absolute atomic E-state index is 0.318. The highest BCUT2D eigenvalue weighted by atomic mass is 79.9. The van der Waals surface area contributed by atoms with Crippen LogP contribution in [0.5, 0.6) is 0 Å². The van der Waals surface area contributed by atoms with Crippen LogP contribution in [0.25, 0.3) is 0 Å². The van der Waals surface area contributed by atoms with Crippen molar-refractivity contribution in [1.29, 1.82) is 0 Å². The summed E-state index contributed by atoms with van der Waals surface area (Å²) in [5.74, 6) is 1.70. The smallest absolute Gasteiger partial charge is 0.222 e. The van der Waals surface area contributed by atoms with Gasteiger partial charge in [-0.1, -0.05) is 13.8 Å². The van der Waals surface area contributed by atoms with E-state index >= 15 is 0 Å². The maximum Gasteiger partial charge on any atom is 0.222 e. The number of rotatable bonds is 3. The van der Waals surface area contributed by atoms with Crippen LogP contribution in [0.3, 0.4) is 0 Å². The second kappa shape index (κ2) is 6.20. The molecule has 2 rings (SSSR count). The molecule has 0 bridgehead atoms. The Morgan fingerprint density at radius 2 is 2.28 bits per heavy atom. The van der Waals surface area contributed by atoms with Gasteiger partial charge in [0.1, 0.15) is 0 Å². The maximum absolute atomic E-state index is 12.1. The van der Waals surface area contributed by atoms with Gasteiger partial charge < -0.3 is 4.90 Å². The predicted octanol–water partition coefficient (Wildman–Crippen LogP) is 4.30. The zero-order chi connectivity index (χ0) is 13.1. The van der Waals surface area contributed by atoms with E-state index in [0.29, 0.717) is 24.2 Å². The first-order valence-corrected chi connectivity index (χ1v) is 8.25. The van der Waals surface area contributed by atoms with Crippen molar-refractivity contribution in [2.75, 3.05) is 6.54 Å². The fourth-order valence-electron chi connectivity index (χ4n) is 2.50. The number of hydrogen-bond donors (Lipinski definition) is 0. The molecule has 1 aliphatic rings. The topological polar surface area (TPSA) is 20.3 Å². The summed E-state index contributed by atoms with van der Waals surface area (Å²) in [6.07, 6.45) is 2.91. The molecule has 0 N–H and O–H groups in total. The van der Waals surface area contributed by atoms with Gasteiger partial charge in [-0.2, -0.15) is 0 Å². The highest BCUT2D eigenvalue weighted by Gasteiger charge is 2.24. The molecule has 0 aliphatic carbocycles. The second-order valence-electron chi connectivity index (χ2n) is 5.34. The van der Waals surface area contributed by atoms with Gasteiger partial charge in [0.15, 0.2) is 0 Å². The molecular formula is C14H20BrNOS. The van der Waals surface area contributed by atoms with Gasteiger partial charge in [0, 0.05) is 22.3 Å². The molecule has 1 aliphatic heterocycles. The minimum atomic E-state index is 0.318. The predicted molar refractivity (Wildman–Crippen MR) is 79.6 cm³/mol. The lowest BCUT2D eigenvalue weighted by Crippen LogP contribution is -2.29. The molecule has 0 saturated carbocycles. The molecule has 1 saturated heterocycles. The van der Waals surface area contributed by atoms with Crippen molar-refractivity contribution in [3.05, 3.63) is 20.8 Å². The van der Waals surface area contributed by atoms with E-state index < -0.39 is 0 Å². The first-order valence-electron chi connectivity index (χ1n) is 6.57. The summed E-state index contributed by atoms with van der Waals surface area (Å²) >= 11 is 5.26. The Balaban J connectivity index is 2.00. The molecule has 2 nitrogen and oxygen atoms in total. The molecule has 1 fully saturated rings. The Labute approximate surface area is 122 Å². The van der Waals surface area contributed by atoms with Gasteiger partial charge in [-0.15, -0.1) is 11.3 Å². The number of likely N-dealkylation sites (tertiary alicyclic amines) is 1. The quantitative estimate of drug-likeness (QED) is 0.809. The average molecular weight is 330 g/mol. The third kappa shape index (κ3) is 3.35. The van der Waals surface area contributed by atoms with E-state index in [2.05, 4.69) is 41.2 Å². The van der Waals surface area contributed by atoms with Crippen molar-refractivity contribution in [3.63, 3.8) is 0 Å². The van der Waals surface area contributed by atoms with Crippen LogP contribution < -0.4 is 0 Å². The number of carbonyl (C=O) groups excluding carboxylic acids is 1. The van der Waals surface area contributed by atoms with Crippen LogP contribution in [-0.4, -0.2) is 17.4 Å². The summed E-state index contributed by atoms with van der Waals surface area (Å²) in [6, 6.07) is 2.05. The fourth-order valence-corrected chi connectivity index (χ4v) is 4.00. The van der Waals surface area contributed by atoms with E-state index in [1.165, 1.54) is 4.88 Å². The van der Waals surface area contributed by atoms with Crippen LogP contribution >= 0.6 is 27.3 Å². The van der Waals surface area contributed by atoms with E-state index in [4.69, 9.17) is 0 Å². The Hall–Kier alpha value is -0.350. The monoisotopic (exact) mass is 329 g/mol. The van der Waals surface area contributed by atoms with E-state index in [0.717, 1.165) is 30.4 Å². The van der Waals surface area contributed by atoms with Crippen LogP contribution in [-0.2, 0) is 11.3 Å². The van der Waals surface area contributed by atoms with E-state index in [9.17, 15) is 4.79 Å². The second-order valence-corrected chi connectivity index (χ2v) is 7.19. The zero-order valence-corrected chi connectivity index (χ0v) is 13.4. The molecule has 18 heavy (non-hydrogen) atoms. The summed E-state index contributed by atoms with van der Waals surface area (Å²) in [5, 5.41) is 2.07.